The highest BCUT2D eigenvalue weighted by atomic mass is 16.3. The van der Waals surface area contributed by atoms with E-state index in [0.29, 0.717) is 0 Å². The number of fused-ring (bicyclic) bond motifs is 3. The van der Waals surface area contributed by atoms with E-state index in [2.05, 4.69) is 74.5 Å². The highest BCUT2D eigenvalue weighted by molar-refractivity contribution is 5.86. The lowest BCUT2D eigenvalue weighted by Crippen LogP contribution is -2.25. The van der Waals surface area contributed by atoms with Gasteiger partial charge in [-0.05, 0) is 93.7 Å². The van der Waals surface area contributed by atoms with Gasteiger partial charge >= 0.3 is 0 Å². The van der Waals surface area contributed by atoms with E-state index in [9.17, 15) is 10.2 Å². The molecular weight excluding hydrogens is 524 g/mol. The molecule has 0 atom stereocenters. The maximum atomic E-state index is 9.67. The highest BCUT2D eigenvalue weighted by Crippen LogP contribution is 2.54. The maximum absolute atomic E-state index is 9.67. The molecular formula is C41H46O2. The zero-order valence-electron chi connectivity index (χ0n) is 25.9. The Bertz CT molecular complexity index is 1420. The summed E-state index contributed by atoms with van der Waals surface area (Å²) in [6, 6.07) is 28.9. The molecule has 2 nitrogen and oxygen atoms in total. The number of aromatic hydroxyl groups is 2. The molecule has 0 aliphatic heterocycles. The zero-order chi connectivity index (χ0) is 30.1. The van der Waals surface area contributed by atoms with Crippen LogP contribution in [-0.4, -0.2) is 10.2 Å². The molecule has 1 aliphatic rings. The van der Waals surface area contributed by atoms with Gasteiger partial charge in [-0.1, -0.05) is 138 Å². The van der Waals surface area contributed by atoms with Gasteiger partial charge in [-0.15, -0.1) is 0 Å². The van der Waals surface area contributed by atoms with Crippen molar-refractivity contribution in [1.29, 1.82) is 0 Å². The minimum absolute atomic E-state index is 0.0601. The third kappa shape index (κ3) is 7.31. The summed E-state index contributed by atoms with van der Waals surface area (Å²) in [7, 11) is 0. The van der Waals surface area contributed by atoms with Crippen molar-refractivity contribution in [1.82, 2.24) is 0 Å². The molecule has 0 unspecified atom stereocenters. The number of phenols is 2. The van der Waals surface area contributed by atoms with Crippen molar-refractivity contribution < 1.29 is 10.2 Å². The summed E-state index contributed by atoms with van der Waals surface area (Å²) in [6.07, 6.45) is 21.2. The SMILES string of the molecule is CCCCCCC1(CCCCCC)c2ccc(/C=C/c3ccc(O)cc3)cc2-c2cc(/C=C/c3ccc(O)cc3)ccc21. The first-order valence-corrected chi connectivity index (χ1v) is 16.3. The van der Waals surface area contributed by atoms with Crippen molar-refractivity contribution >= 4 is 24.3 Å². The van der Waals surface area contributed by atoms with E-state index in [1.165, 1.54) is 97.6 Å². The first-order chi connectivity index (χ1) is 21.0. The lowest BCUT2D eigenvalue weighted by molar-refractivity contribution is 0.401. The Labute approximate surface area is 258 Å². The van der Waals surface area contributed by atoms with Gasteiger partial charge in [-0.25, -0.2) is 0 Å². The van der Waals surface area contributed by atoms with Crippen LogP contribution in [0.25, 0.3) is 35.4 Å². The van der Waals surface area contributed by atoms with E-state index in [1.807, 2.05) is 24.3 Å². The fourth-order valence-corrected chi connectivity index (χ4v) is 6.68. The van der Waals surface area contributed by atoms with Crippen LogP contribution < -0.4 is 0 Å². The molecule has 43 heavy (non-hydrogen) atoms. The summed E-state index contributed by atoms with van der Waals surface area (Å²) < 4.78 is 0. The third-order valence-electron chi connectivity index (χ3n) is 9.05. The summed E-state index contributed by atoms with van der Waals surface area (Å²) in [5.74, 6) is 0.575. The second-order valence-corrected chi connectivity index (χ2v) is 12.2. The van der Waals surface area contributed by atoms with Crippen LogP contribution in [0.5, 0.6) is 11.5 Å². The number of benzene rings is 4. The van der Waals surface area contributed by atoms with Gasteiger partial charge in [0.1, 0.15) is 11.5 Å². The second-order valence-electron chi connectivity index (χ2n) is 12.2. The van der Waals surface area contributed by atoms with Crippen LogP contribution in [0.2, 0.25) is 0 Å². The Balaban J connectivity index is 1.55. The molecule has 0 aromatic heterocycles. The second kappa shape index (κ2) is 14.4. The molecule has 0 saturated heterocycles. The van der Waals surface area contributed by atoms with Gasteiger partial charge in [-0.3, -0.25) is 0 Å². The molecule has 0 amide bonds. The highest BCUT2D eigenvalue weighted by Gasteiger charge is 2.42. The van der Waals surface area contributed by atoms with Gasteiger partial charge in [0.15, 0.2) is 0 Å². The molecule has 0 spiro atoms. The van der Waals surface area contributed by atoms with Crippen LogP contribution in [0.15, 0.2) is 84.9 Å². The summed E-state index contributed by atoms with van der Waals surface area (Å²) in [4.78, 5) is 0. The summed E-state index contributed by atoms with van der Waals surface area (Å²) >= 11 is 0. The van der Waals surface area contributed by atoms with Gasteiger partial charge in [0, 0.05) is 5.41 Å². The monoisotopic (exact) mass is 570 g/mol. The Hall–Kier alpha value is -4.04. The number of unbranched alkanes of at least 4 members (excludes halogenated alkanes) is 6. The fourth-order valence-electron chi connectivity index (χ4n) is 6.68. The van der Waals surface area contributed by atoms with Gasteiger partial charge in [0.05, 0.1) is 0 Å². The number of hydrogen-bond acceptors (Lipinski definition) is 2. The molecule has 2 heteroatoms. The molecule has 0 heterocycles. The van der Waals surface area contributed by atoms with Gasteiger partial charge in [0.25, 0.3) is 0 Å². The van der Waals surface area contributed by atoms with Crippen LogP contribution in [-0.2, 0) is 5.41 Å². The molecule has 0 bridgehead atoms. The largest absolute Gasteiger partial charge is 0.508 e. The lowest BCUT2D eigenvalue weighted by atomic mass is 9.70. The van der Waals surface area contributed by atoms with Crippen molar-refractivity contribution in [3.8, 4) is 22.6 Å². The Morgan fingerprint density at radius 2 is 0.837 bits per heavy atom. The molecule has 0 fully saturated rings. The van der Waals surface area contributed by atoms with E-state index in [4.69, 9.17) is 0 Å². The van der Waals surface area contributed by atoms with Crippen molar-refractivity contribution in [3.63, 3.8) is 0 Å². The molecule has 4 aromatic rings. The summed E-state index contributed by atoms with van der Waals surface area (Å²) in [5.41, 5.74) is 10.3. The normalized spacial score (nSPS) is 13.5. The van der Waals surface area contributed by atoms with Crippen LogP contribution in [0.3, 0.4) is 0 Å². The average Bonchev–Trinajstić information content (AvgIpc) is 3.29. The average molecular weight is 571 g/mol. The van der Waals surface area contributed by atoms with Crippen molar-refractivity contribution in [2.45, 2.75) is 83.5 Å². The topological polar surface area (TPSA) is 40.5 Å². The van der Waals surface area contributed by atoms with Gasteiger partial charge in [-0.2, -0.15) is 0 Å². The Morgan fingerprint density at radius 3 is 1.23 bits per heavy atom. The predicted octanol–water partition coefficient (Wildman–Crippen LogP) is 11.6. The number of phenolic OH excluding ortho intramolecular Hbond substituents is 2. The van der Waals surface area contributed by atoms with E-state index < -0.39 is 0 Å². The van der Waals surface area contributed by atoms with E-state index in [-0.39, 0.29) is 16.9 Å². The fraction of sp³-hybridized carbons (Fsp3) is 0.317. The molecule has 0 radical (unpaired) electrons. The predicted molar refractivity (Wildman–Crippen MR) is 184 cm³/mol. The summed E-state index contributed by atoms with van der Waals surface area (Å²) in [5, 5.41) is 19.3. The minimum Gasteiger partial charge on any atom is -0.508 e. The quantitative estimate of drug-likeness (QED) is 0.117. The first kappa shape index (κ1) is 30.4. The summed E-state index contributed by atoms with van der Waals surface area (Å²) in [6.45, 7) is 4.59. The van der Waals surface area contributed by atoms with Crippen molar-refractivity contribution in [2.75, 3.05) is 0 Å². The van der Waals surface area contributed by atoms with Gasteiger partial charge in [0.2, 0.25) is 0 Å². The Morgan fingerprint density at radius 1 is 0.465 bits per heavy atom. The number of rotatable bonds is 14. The van der Waals surface area contributed by atoms with E-state index >= 15 is 0 Å². The van der Waals surface area contributed by atoms with E-state index in [0.717, 1.165) is 11.1 Å². The smallest absolute Gasteiger partial charge is 0.115 e. The van der Waals surface area contributed by atoms with Crippen molar-refractivity contribution in [3.05, 3.63) is 118 Å². The van der Waals surface area contributed by atoms with Crippen LogP contribution in [0, 0.1) is 0 Å². The van der Waals surface area contributed by atoms with Crippen LogP contribution >= 0.6 is 0 Å². The molecule has 0 saturated carbocycles. The van der Waals surface area contributed by atoms with Crippen LogP contribution in [0.1, 0.15) is 111 Å². The molecule has 2 N–H and O–H groups in total. The zero-order valence-corrected chi connectivity index (χ0v) is 25.9. The molecule has 5 rings (SSSR count). The van der Waals surface area contributed by atoms with Crippen molar-refractivity contribution in [2.24, 2.45) is 0 Å². The van der Waals surface area contributed by atoms with Crippen LogP contribution in [0.4, 0.5) is 0 Å². The third-order valence-corrected chi connectivity index (χ3v) is 9.05. The van der Waals surface area contributed by atoms with E-state index in [1.54, 1.807) is 24.3 Å². The van der Waals surface area contributed by atoms with Gasteiger partial charge < -0.3 is 10.2 Å². The Kier molecular flexibility index (Phi) is 10.2. The molecule has 222 valence electrons. The molecule has 4 aromatic carbocycles. The molecule has 1 aliphatic carbocycles. The maximum Gasteiger partial charge on any atom is 0.115 e. The number of hydrogen-bond donors (Lipinski definition) is 2. The lowest BCUT2D eigenvalue weighted by Gasteiger charge is -2.33. The standard InChI is InChI=1S/C41H46O2/c1-3-5-7-9-27-41(28-10-8-6-4-2)39-25-19-33(13-11-31-15-21-35(42)22-16-31)29-37(39)38-30-34(20-26-40(38)41)14-12-32-17-23-36(43)24-18-32/h11-26,29-30,42-43H,3-10,27-28H2,1-2H3/b13-11+,14-12+. The first-order valence-electron chi connectivity index (χ1n) is 16.3. The minimum atomic E-state index is 0.0601.